The fourth-order valence-corrected chi connectivity index (χ4v) is 2.22. The Morgan fingerprint density at radius 3 is 2.62 bits per heavy atom. The SMILES string of the molecule is CC(NC(=O)C(C)(C)C)C(=O)NCCCc1nc2ccccc2[nH]1. The van der Waals surface area contributed by atoms with Crippen LogP contribution in [-0.4, -0.2) is 34.4 Å². The number of imidazole rings is 1. The zero-order valence-corrected chi connectivity index (χ0v) is 14.8. The number of amides is 2. The molecule has 0 aliphatic carbocycles. The second-order valence-electron chi connectivity index (χ2n) is 7.04. The number of H-pyrrole nitrogens is 1. The Bertz CT molecular complexity index is 682. The van der Waals surface area contributed by atoms with Crippen LogP contribution in [0, 0.1) is 5.41 Å². The van der Waals surface area contributed by atoms with E-state index in [0.717, 1.165) is 29.7 Å². The highest BCUT2D eigenvalue weighted by Crippen LogP contribution is 2.13. The third-order valence-corrected chi connectivity index (χ3v) is 3.75. The summed E-state index contributed by atoms with van der Waals surface area (Å²) in [5.41, 5.74) is 1.47. The molecule has 0 bridgehead atoms. The number of carbonyl (C=O) groups is 2. The van der Waals surface area contributed by atoms with Gasteiger partial charge in [-0.2, -0.15) is 0 Å². The Balaban J connectivity index is 1.73. The van der Waals surface area contributed by atoms with Crippen molar-refractivity contribution in [1.82, 2.24) is 20.6 Å². The molecule has 24 heavy (non-hydrogen) atoms. The maximum Gasteiger partial charge on any atom is 0.242 e. The predicted molar refractivity (Wildman–Crippen MR) is 94.5 cm³/mol. The van der Waals surface area contributed by atoms with Gasteiger partial charge in [-0.05, 0) is 25.5 Å². The van der Waals surface area contributed by atoms with Gasteiger partial charge in [-0.15, -0.1) is 0 Å². The standard InChI is InChI=1S/C18H26N4O2/c1-12(20-17(24)18(2,3)4)16(23)19-11-7-10-15-21-13-8-5-6-9-14(13)22-15/h5-6,8-9,12H,7,10-11H2,1-4H3,(H,19,23)(H,20,24)(H,21,22). The zero-order chi connectivity index (χ0) is 17.7. The number of carbonyl (C=O) groups excluding carboxylic acids is 2. The number of nitrogens with zero attached hydrogens (tertiary/aromatic N) is 1. The molecule has 0 spiro atoms. The lowest BCUT2D eigenvalue weighted by molar-refractivity contribution is -0.133. The van der Waals surface area contributed by atoms with Crippen LogP contribution in [0.2, 0.25) is 0 Å². The number of benzene rings is 1. The van der Waals surface area contributed by atoms with Crippen LogP contribution in [0.4, 0.5) is 0 Å². The maximum absolute atomic E-state index is 12.0. The summed E-state index contributed by atoms with van der Waals surface area (Å²) in [5, 5.41) is 5.57. The molecule has 1 heterocycles. The van der Waals surface area contributed by atoms with E-state index in [1.807, 2.05) is 45.0 Å². The zero-order valence-electron chi connectivity index (χ0n) is 14.8. The van der Waals surface area contributed by atoms with Crippen LogP contribution in [-0.2, 0) is 16.0 Å². The monoisotopic (exact) mass is 330 g/mol. The van der Waals surface area contributed by atoms with Crippen LogP contribution in [0.25, 0.3) is 11.0 Å². The molecule has 3 N–H and O–H groups in total. The van der Waals surface area contributed by atoms with Crippen LogP contribution in [0.5, 0.6) is 0 Å². The molecular weight excluding hydrogens is 304 g/mol. The normalized spacial score (nSPS) is 12.8. The van der Waals surface area contributed by atoms with Crippen molar-refractivity contribution in [2.45, 2.75) is 46.6 Å². The second kappa shape index (κ2) is 7.47. The summed E-state index contributed by atoms with van der Waals surface area (Å²) in [4.78, 5) is 31.7. The average Bonchev–Trinajstić information content (AvgIpc) is 2.93. The Kier molecular flexibility index (Phi) is 5.59. The van der Waals surface area contributed by atoms with E-state index < -0.39 is 11.5 Å². The summed E-state index contributed by atoms with van der Waals surface area (Å²) in [6.45, 7) is 7.70. The third-order valence-electron chi connectivity index (χ3n) is 3.75. The molecule has 0 fully saturated rings. The maximum atomic E-state index is 12.0. The van der Waals surface area contributed by atoms with Gasteiger partial charge >= 0.3 is 0 Å². The molecule has 1 atom stereocenters. The number of para-hydroxylation sites is 2. The quantitative estimate of drug-likeness (QED) is 0.709. The van der Waals surface area contributed by atoms with Crippen LogP contribution < -0.4 is 10.6 Å². The minimum atomic E-state index is -0.539. The van der Waals surface area contributed by atoms with Gasteiger partial charge in [0.2, 0.25) is 11.8 Å². The van der Waals surface area contributed by atoms with Gasteiger partial charge in [-0.3, -0.25) is 9.59 Å². The molecule has 0 saturated carbocycles. The third kappa shape index (κ3) is 4.81. The minimum absolute atomic E-state index is 0.132. The van der Waals surface area contributed by atoms with Crippen molar-refractivity contribution in [3.8, 4) is 0 Å². The van der Waals surface area contributed by atoms with E-state index in [2.05, 4.69) is 20.6 Å². The molecule has 1 unspecified atom stereocenters. The van der Waals surface area contributed by atoms with Gasteiger partial charge in [-0.1, -0.05) is 32.9 Å². The lowest BCUT2D eigenvalue weighted by Crippen LogP contribution is -2.48. The number of aromatic nitrogens is 2. The number of fused-ring (bicyclic) bond motifs is 1. The highest BCUT2D eigenvalue weighted by atomic mass is 16.2. The Labute approximate surface area is 142 Å². The van der Waals surface area contributed by atoms with E-state index in [-0.39, 0.29) is 11.8 Å². The first-order valence-corrected chi connectivity index (χ1v) is 8.29. The van der Waals surface area contributed by atoms with Gasteiger partial charge in [0.1, 0.15) is 11.9 Å². The topological polar surface area (TPSA) is 86.9 Å². The van der Waals surface area contributed by atoms with Crippen molar-refractivity contribution in [2.75, 3.05) is 6.54 Å². The number of nitrogens with one attached hydrogen (secondary N) is 3. The van der Waals surface area contributed by atoms with Crippen molar-refractivity contribution in [3.05, 3.63) is 30.1 Å². The van der Waals surface area contributed by atoms with Gasteiger partial charge in [0.25, 0.3) is 0 Å². The van der Waals surface area contributed by atoms with E-state index in [0.29, 0.717) is 6.54 Å². The van der Waals surface area contributed by atoms with Crippen molar-refractivity contribution in [1.29, 1.82) is 0 Å². The van der Waals surface area contributed by atoms with E-state index in [1.165, 1.54) is 0 Å². The van der Waals surface area contributed by atoms with Crippen LogP contribution in [0.3, 0.4) is 0 Å². The second-order valence-corrected chi connectivity index (χ2v) is 7.04. The highest BCUT2D eigenvalue weighted by Gasteiger charge is 2.24. The van der Waals surface area contributed by atoms with Crippen LogP contribution in [0.15, 0.2) is 24.3 Å². The number of rotatable bonds is 6. The van der Waals surface area contributed by atoms with Crippen molar-refractivity contribution < 1.29 is 9.59 Å². The van der Waals surface area contributed by atoms with Crippen LogP contribution >= 0.6 is 0 Å². The Hall–Kier alpha value is -2.37. The van der Waals surface area contributed by atoms with Gasteiger partial charge in [0.05, 0.1) is 11.0 Å². The summed E-state index contributed by atoms with van der Waals surface area (Å²) in [6.07, 6.45) is 1.54. The minimum Gasteiger partial charge on any atom is -0.354 e. The number of hydrogen-bond acceptors (Lipinski definition) is 3. The van der Waals surface area contributed by atoms with E-state index in [4.69, 9.17) is 0 Å². The van der Waals surface area contributed by atoms with Crippen molar-refractivity contribution in [3.63, 3.8) is 0 Å². The summed E-state index contributed by atoms with van der Waals surface area (Å²) in [7, 11) is 0. The molecule has 1 aromatic heterocycles. The Morgan fingerprint density at radius 1 is 1.25 bits per heavy atom. The summed E-state index contributed by atoms with van der Waals surface area (Å²) < 4.78 is 0. The molecule has 1 aromatic carbocycles. The van der Waals surface area contributed by atoms with Crippen LogP contribution in [0.1, 0.15) is 39.9 Å². The lowest BCUT2D eigenvalue weighted by atomic mass is 9.95. The molecule has 130 valence electrons. The van der Waals surface area contributed by atoms with E-state index >= 15 is 0 Å². The smallest absolute Gasteiger partial charge is 0.242 e. The molecule has 0 aliphatic heterocycles. The molecule has 0 saturated heterocycles. The van der Waals surface area contributed by atoms with Crippen molar-refractivity contribution in [2.24, 2.45) is 5.41 Å². The van der Waals surface area contributed by atoms with E-state index in [9.17, 15) is 9.59 Å². The summed E-state index contributed by atoms with van der Waals surface area (Å²) >= 11 is 0. The van der Waals surface area contributed by atoms with Gasteiger partial charge in [0, 0.05) is 18.4 Å². The number of aromatic amines is 1. The lowest BCUT2D eigenvalue weighted by Gasteiger charge is -2.21. The number of hydrogen-bond donors (Lipinski definition) is 3. The first-order valence-electron chi connectivity index (χ1n) is 8.29. The molecule has 6 heteroatoms. The summed E-state index contributed by atoms with van der Waals surface area (Å²) in [6, 6.07) is 7.35. The summed E-state index contributed by atoms with van der Waals surface area (Å²) in [5.74, 6) is 0.615. The first kappa shape index (κ1) is 18.0. The first-order chi connectivity index (χ1) is 11.3. The largest absolute Gasteiger partial charge is 0.354 e. The molecule has 0 aliphatic rings. The highest BCUT2D eigenvalue weighted by molar-refractivity contribution is 5.89. The fraction of sp³-hybridized carbons (Fsp3) is 0.500. The van der Waals surface area contributed by atoms with Crippen molar-refractivity contribution >= 4 is 22.8 Å². The predicted octanol–water partition coefficient (Wildman–Crippen LogP) is 2.16. The van der Waals surface area contributed by atoms with E-state index in [1.54, 1.807) is 6.92 Å². The number of aryl methyl sites for hydroxylation is 1. The fourth-order valence-electron chi connectivity index (χ4n) is 2.22. The Morgan fingerprint density at radius 2 is 1.96 bits per heavy atom. The van der Waals surface area contributed by atoms with Gasteiger partial charge in [0.15, 0.2) is 0 Å². The molecular formula is C18H26N4O2. The van der Waals surface area contributed by atoms with Gasteiger partial charge in [-0.25, -0.2) is 4.98 Å². The molecule has 6 nitrogen and oxygen atoms in total. The molecule has 2 aromatic rings. The molecule has 0 radical (unpaired) electrons. The molecule has 2 amide bonds. The average molecular weight is 330 g/mol. The molecule has 2 rings (SSSR count). The van der Waals surface area contributed by atoms with Gasteiger partial charge < -0.3 is 15.6 Å².